The Hall–Kier alpha value is -1.34. The summed E-state index contributed by atoms with van der Waals surface area (Å²) in [4.78, 5) is 25.2. The maximum absolute atomic E-state index is 13.1. The summed E-state index contributed by atoms with van der Waals surface area (Å²) in [6.45, 7) is 12.7. The molecule has 0 spiro atoms. The molecule has 2 N–H and O–H groups in total. The number of amides is 2. The second-order valence-corrected chi connectivity index (χ2v) is 16.3. The summed E-state index contributed by atoms with van der Waals surface area (Å²) < 4.78 is 17.8. The van der Waals surface area contributed by atoms with Crippen molar-refractivity contribution in [2.75, 3.05) is 26.4 Å². The predicted octanol–water partition coefficient (Wildman–Crippen LogP) is 12.0. The van der Waals surface area contributed by atoms with Crippen LogP contribution in [0.25, 0.3) is 0 Å². The van der Waals surface area contributed by atoms with Gasteiger partial charge in [0.25, 0.3) is 0 Å². The van der Waals surface area contributed by atoms with E-state index in [9.17, 15) is 9.59 Å². The summed E-state index contributed by atoms with van der Waals surface area (Å²) in [5, 5.41) is 6.15. The van der Waals surface area contributed by atoms with E-state index in [0.717, 1.165) is 51.7 Å². The van der Waals surface area contributed by atoms with E-state index in [0.29, 0.717) is 13.2 Å². The molecule has 50 heavy (non-hydrogen) atoms. The molecule has 0 aromatic rings. The molecule has 1 aliphatic carbocycles. The lowest BCUT2D eigenvalue weighted by molar-refractivity contribution is -0.127. The first-order valence-corrected chi connectivity index (χ1v) is 21.7. The van der Waals surface area contributed by atoms with Crippen LogP contribution < -0.4 is 10.6 Å². The average Bonchev–Trinajstić information content (AvgIpc) is 3.08. The molecule has 296 valence electrons. The van der Waals surface area contributed by atoms with Gasteiger partial charge >= 0.3 is 6.09 Å². The monoisotopic (exact) mass is 709 g/mol. The standard InChI is InChI=1S/C43H84N2O5/c1-6-8-10-12-14-16-18-20-22-24-26-28-34-48-37-40(49-35-29-27-25-23-21-19-17-15-13-11-9-7-2)36-44-41(46)38-30-32-39(33-31-38)45-42(47)50-43(3,4)5/h38-40H,6-37H2,1-5H3,(H,44,46)(H,45,47). The van der Waals surface area contributed by atoms with E-state index >= 15 is 0 Å². The zero-order chi connectivity index (χ0) is 36.5. The molecule has 0 aromatic carbocycles. The number of hydrogen-bond donors (Lipinski definition) is 2. The van der Waals surface area contributed by atoms with Gasteiger partial charge in [-0.1, -0.05) is 155 Å². The second kappa shape index (κ2) is 32.3. The van der Waals surface area contributed by atoms with E-state index in [2.05, 4.69) is 24.5 Å². The molecule has 1 atom stereocenters. The molecule has 1 fully saturated rings. The van der Waals surface area contributed by atoms with Crippen LogP contribution in [0.1, 0.15) is 214 Å². The molecule has 7 nitrogen and oxygen atoms in total. The van der Waals surface area contributed by atoms with Gasteiger partial charge in [-0.3, -0.25) is 4.79 Å². The lowest BCUT2D eigenvalue weighted by Crippen LogP contribution is -2.44. The third-order valence-corrected chi connectivity index (χ3v) is 10.1. The molecular weight excluding hydrogens is 624 g/mol. The molecule has 2 amide bonds. The third-order valence-electron chi connectivity index (χ3n) is 10.1. The molecule has 1 saturated carbocycles. The van der Waals surface area contributed by atoms with Crippen LogP contribution in [0.2, 0.25) is 0 Å². The van der Waals surface area contributed by atoms with Gasteiger partial charge in [-0.2, -0.15) is 0 Å². The average molecular weight is 709 g/mol. The highest BCUT2D eigenvalue weighted by atomic mass is 16.6. The van der Waals surface area contributed by atoms with Gasteiger partial charge in [-0.15, -0.1) is 0 Å². The summed E-state index contributed by atoms with van der Waals surface area (Å²) in [6, 6.07) is 0.0641. The number of rotatable bonds is 33. The van der Waals surface area contributed by atoms with Crippen molar-refractivity contribution in [2.24, 2.45) is 5.92 Å². The van der Waals surface area contributed by atoms with E-state index in [1.165, 1.54) is 141 Å². The van der Waals surface area contributed by atoms with Gasteiger partial charge in [0.1, 0.15) is 5.60 Å². The van der Waals surface area contributed by atoms with Gasteiger partial charge in [-0.25, -0.2) is 4.79 Å². The van der Waals surface area contributed by atoms with Crippen LogP contribution >= 0.6 is 0 Å². The fourth-order valence-electron chi connectivity index (χ4n) is 6.95. The summed E-state index contributed by atoms with van der Waals surface area (Å²) in [6.07, 6.45) is 34.6. The van der Waals surface area contributed by atoms with Gasteiger partial charge in [0, 0.05) is 31.7 Å². The van der Waals surface area contributed by atoms with E-state index < -0.39 is 5.60 Å². The van der Waals surface area contributed by atoms with Crippen molar-refractivity contribution < 1.29 is 23.8 Å². The topological polar surface area (TPSA) is 85.9 Å². The number of carbonyl (C=O) groups is 2. The highest BCUT2D eigenvalue weighted by Crippen LogP contribution is 2.25. The van der Waals surface area contributed by atoms with Crippen molar-refractivity contribution in [3.63, 3.8) is 0 Å². The van der Waals surface area contributed by atoms with Gasteiger partial charge in [0.05, 0.1) is 12.7 Å². The Morgan fingerprint density at radius 1 is 0.600 bits per heavy atom. The molecule has 7 heteroatoms. The molecule has 0 radical (unpaired) electrons. The first-order chi connectivity index (χ1) is 24.2. The zero-order valence-electron chi connectivity index (χ0n) is 33.9. The predicted molar refractivity (Wildman–Crippen MR) is 211 cm³/mol. The molecule has 0 saturated heterocycles. The molecule has 0 bridgehead atoms. The van der Waals surface area contributed by atoms with E-state index in [-0.39, 0.29) is 30.1 Å². The van der Waals surface area contributed by atoms with Crippen molar-refractivity contribution in [3.05, 3.63) is 0 Å². The van der Waals surface area contributed by atoms with E-state index in [4.69, 9.17) is 14.2 Å². The smallest absolute Gasteiger partial charge is 0.407 e. The van der Waals surface area contributed by atoms with E-state index in [1.54, 1.807) is 0 Å². The quantitative estimate of drug-likeness (QED) is 0.0663. The summed E-state index contributed by atoms with van der Waals surface area (Å²) in [5.41, 5.74) is -0.511. The Kier molecular flexibility index (Phi) is 30.2. The minimum absolute atomic E-state index is 0.0225. The molecule has 1 aliphatic rings. The van der Waals surface area contributed by atoms with Crippen molar-refractivity contribution in [3.8, 4) is 0 Å². The summed E-state index contributed by atoms with van der Waals surface area (Å²) in [7, 11) is 0. The van der Waals surface area contributed by atoms with Gasteiger partial charge in [-0.05, 0) is 59.3 Å². The van der Waals surface area contributed by atoms with Crippen LogP contribution in [0.3, 0.4) is 0 Å². The Labute approximate surface area is 310 Å². The maximum atomic E-state index is 13.1. The Bertz CT molecular complexity index is 778. The number of nitrogens with one attached hydrogen (secondary N) is 2. The van der Waals surface area contributed by atoms with Gasteiger partial charge < -0.3 is 24.8 Å². The van der Waals surface area contributed by atoms with Crippen LogP contribution in [-0.2, 0) is 19.0 Å². The first kappa shape index (κ1) is 46.7. The SMILES string of the molecule is CCCCCCCCCCCCCCOCC(CNC(=O)C1CCC(NC(=O)OC(C)(C)C)CC1)OCCCCCCCCCCCCCC. The Morgan fingerprint density at radius 3 is 1.46 bits per heavy atom. The number of alkyl carbamates (subject to hydrolysis) is 1. The molecular formula is C43H84N2O5. The summed E-state index contributed by atoms with van der Waals surface area (Å²) in [5.74, 6) is 0.0753. The third kappa shape index (κ3) is 29.3. The van der Waals surface area contributed by atoms with Crippen molar-refractivity contribution in [1.82, 2.24) is 10.6 Å². The van der Waals surface area contributed by atoms with Crippen LogP contribution in [-0.4, -0.2) is 56.1 Å². The van der Waals surface area contributed by atoms with Crippen LogP contribution in [0.4, 0.5) is 4.79 Å². The number of carbonyl (C=O) groups excluding carboxylic acids is 2. The summed E-state index contributed by atoms with van der Waals surface area (Å²) >= 11 is 0. The van der Waals surface area contributed by atoms with Crippen molar-refractivity contribution in [1.29, 1.82) is 0 Å². The molecule has 0 aliphatic heterocycles. The van der Waals surface area contributed by atoms with Crippen LogP contribution in [0.5, 0.6) is 0 Å². The van der Waals surface area contributed by atoms with Gasteiger partial charge in [0.2, 0.25) is 5.91 Å². The first-order valence-electron chi connectivity index (χ1n) is 21.7. The fraction of sp³-hybridized carbons (Fsp3) is 0.953. The normalized spacial score (nSPS) is 17.1. The van der Waals surface area contributed by atoms with Crippen LogP contribution in [0, 0.1) is 5.92 Å². The fourth-order valence-corrected chi connectivity index (χ4v) is 6.95. The van der Waals surface area contributed by atoms with Crippen molar-refractivity contribution in [2.45, 2.75) is 232 Å². The lowest BCUT2D eigenvalue weighted by Gasteiger charge is -2.30. The Morgan fingerprint density at radius 2 is 1.02 bits per heavy atom. The second-order valence-electron chi connectivity index (χ2n) is 16.3. The molecule has 1 rings (SSSR count). The number of ether oxygens (including phenoxy) is 3. The molecule has 1 unspecified atom stereocenters. The van der Waals surface area contributed by atoms with Crippen molar-refractivity contribution >= 4 is 12.0 Å². The molecule has 0 aromatic heterocycles. The largest absolute Gasteiger partial charge is 0.444 e. The highest BCUT2D eigenvalue weighted by molar-refractivity contribution is 5.78. The minimum atomic E-state index is -0.511. The highest BCUT2D eigenvalue weighted by Gasteiger charge is 2.28. The van der Waals surface area contributed by atoms with E-state index in [1.807, 2.05) is 20.8 Å². The zero-order valence-corrected chi connectivity index (χ0v) is 33.9. The van der Waals surface area contributed by atoms with Crippen LogP contribution in [0.15, 0.2) is 0 Å². The lowest BCUT2D eigenvalue weighted by atomic mass is 9.85. The molecule has 0 heterocycles. The van der Waals surface area contributed by atoms with Gasteiger partial charge in [0.15, 0.2) is 0 Å². The number of unbranched alkanes of at least 4 members (excludes halogenated alkanes) is 22. The minimum Gasteiger partial charge on any atom is -0.444 e. The number of hydrogen-bond acceptors (Lipinski definition) is 5. The maximum Gasteiger partial charge on any atom is 0.407 e. The Balaban J connectivity index is 2.29.